The highest BCUT2D eigenvalue weighted by atomic mass is 16.5. The first-order valence-corrected chi connectivity index (χ1v) is 6.33. The number of hydrogen-bond donors (Lipinski definition) is 1. The molecule has 0 bridgehead atoms. The van der Waals surface area contributed by atoms with Crippen molar-refractivity contribution in [2.75, 3.05) is 14.2 Å². The molecule has 1 heterocycles. The lowest BCUT2D eigenvalue weighted by molar-refractivity contribution is 0.0561. The van der Waals surface area contributed by atoms with Crippen molar-refractivity contribution in [1.29, 1.82) is 0 Å². The van der Waals surface area contributed by atoms with E-state index < -0.39 is 5.97 Å². The summed E-state index contributed by atoms with van der Waals surface area (Å²) in [4.78, 5) is 11.3. The maximum Gasteiger partial charge on any atom is 0.373 e. The Morgan fingerprint density at radius 2 is 2.09 bits per heavy atom. The minimum absolute atomic E-state index is 0.113. The van der Waals surface area contributed by atoms with Crippen LogP contribution in [0, 0.1) is 0 Å². The molecular weight excluding hydrogens is 290 g/mol. The molecular formula is C15H15NO6. The Morgan fingerprint density at radius 1 is 1.27 bits per heavy atom. The Morgan fingerprint density at radius 3 is 2.77 bits per heavy atom. The summed E-state index contributed by atoms with van der Waals surface area (Å²) < 4.78 is 20.7. The number of rotatable bonds is 6. The van der Waals surface area contributed by atoms with E-state index in [1.165, 1.54) is 26.5 Å². The monoisotopic (exact) mass is 305 g/mol. The average molecular weight is 305 g/mol. The van der Waals surface area contributed by atoms with E-state index in [0.717, 1.165) is 0 Å². The number of furan rings is 1. The van der Waals surface area contributed by atoms with Gasteiger partial charge in [-0.2, -0.15) is 0 Å². The molecule has 2 rings (SSSR count). The van der Waals surface area contributed by atoms with Crippen LogP contribution < -0.4 is 9.47 Å². The van der Waals surface area contributed by atoms with Gasteiger partial charge < -0.3 is 23.8 Å². The third kappa shape index (κ3) is 3.57. The number of ether oxygens (including phenoxy) is 3. The SMILES string of the molecule is COC(=O)c1ccc(COc2ccc(/C=N/O)cc2OC)o1. The molecule has 116 valence electrons. The molecule has 1 N–H and O–H groups in total. The van der Waals surface area contributed by atoms with Crippen LogP contribution in [0.1, 0.15) is 21.9 Å². The van der Waals surface area contributed by atoms with Gasteiger partial charge in [0.2, 0.25) is 5.76 Å². The lowest BCUT2D eigenvalue weighted by Gasteiger charge is -2.10. The Hall–Kier alpha value is -2.96. The van der Waals surface area contributed by atoms with Crippen molar-refractivity contribution in [3.05, 3.63) is 47.4 Å². The van der Waals surface area contributed by atoms with Crippen LogP contribution in [-0.2, 0) is 11.3 Å². The molecule has 0 amide bonds. The highest BCUT2D eigenvalue weighted by Gasteiger charge is 2.12. The second kappa shape index (κ2) is 7.16. The third-order valence-corrected chi connectivity index (χ3v) is 2.81. The molecule has 1 aromatic carbocycles. The second-order valence-electron chi connectivity index (χ2n) is 4.20. The zero-order valence-electron chi connectivity index (χ0n) is 12.1. The first-order chi connectivity index (χ1) is 10.7. The van der Waals surface area contributed by atoms with Crippen LogP contribution in [0.15, 0.2) is 39.9 Å². The van der Waals surface area contributed by atoms with Gasteiger partial charge in [0.15, 0.2) is 11.5 Å². The third-order valence-electron chi connectivity index (χ3n) is 2.81. The van der Waals surface area contributed by atoms with Crippen LogP contribution >= 0.6 is 0 Å². The van der Waals surface area contributed by atoms with Gasteiger partial charge in [-0.1, -0.05) is 5.16 Å². The summed E-state index contributed by atoms with van der Waals surface area (Å²) >= 11 is 0. The molecule has 0 fully saturated rings. The van der Waals surface area contributed by atoms with Gasteiger partial charge in [-0.05, 0) is 30.3 Å². The van der Waals surface area contributed by atoms with Crippen LogP contribution in [0.3, 0.4) is 0 Å². The maximum atomic E-state index is 11.3. The topological polar surface area (TPSA) is 90.5 Å². The predicted molar refractivity (Wildman–Crippen MR) is 76.8 cm³/mol. The van der Waals surface area contributed by atoms with Gasteiger partial charge in [-0.3, -0.25) is 0 Å². The van der Waals surface area contributed by atoms with E-state index in [1.807, 2.05) is 0 Å². The van der Waals surface area contributed by atoms with Gasteiger partial charge >= 0.3 is 5.97 Å². The fourth-order valence-electron chi connectivity index (χ4n) is 1.77. The molecule has 0 aliphatic rings. The average Bonchev–Trinajstić information content (AvgIpc) is 3.02. The molecule has 0 aliphatic heterocycles. The Balaban J connectivity index is 2.07. The molecule has 22 heavy (non-hydrogen) atoms. The van der Waals surface area contributed by atoms with Crippen LogP contribution in [-0.4, -0.2) is 31.6 Å². The molecule has 0 unspecified atom stereocenters. The van der Waals surface area contributed by atoms with E-state index in [9.17, 15) is 4.79 Å². The van der Waals surface area contributed by atoms with Crippen LogP contribution in [0.2, 0.25) is 0 Å². The fourth-order valence-corrected chi connectivity index (χ4v) is 1.77. The van der Waals surface area contributed by atoms with Crippen molar-refractivity contribution in [1.82, 2.24) is 0 Å². The van der Waals surface area contributed by atoms with Gasteiger partial charge in [0.05, 0.1) is 20.4 Å². The number of benzene rings is 1. The van der Waals surface area contributed by atoms with Crippen molar-refractivity contribution in [3.63, 3.8) is 0 Å². The van der Waals surface area contributed by atoms with E-state index in [4.69, 9.17) is 19.1 Å². The lowest BCUT2D eigenvalue weighted by Crippen LogP contribution is -1.99. The number of hydrogen-bond acceptors (Lipinski definition) is 7. The summed E-state index contributed by atoms with van der Waals surface area (Å²) in [5.41, 5.74) is 0.665. The van der Waals surface area contributed by atoms with Crippen molar-refractivity contribution in [2.24, 2.45) is 5.16 Å². The van der Waals surface area contributed by atoms with E-state index in [2.05, 4.69) is 9.89 Å². The van der Waals surface area contributed by atoms with Gasteiger partial charge in [-0.25, -0.2) is 4.79 Å². The Kier molecular flexibility index (Phi) is 5.02. The van der Waals surface area contributed by atoms with E-state index in [-0.39, 0.29) is 12.4 Å². The van der Waals surface area contributed by atoms with E-state index in [0.29, 0.717) is 22.8 Å². The molecule has 0 radical (unpaired) electrons. The standard InChI is InChI=1S/C15H15NO6/c1-19-14-7-10(8-16-18)3-5-12(14)21-9-11-4-6-13(22-11)15(17)20-2/h3-8,18H,9H2,1-2H3/b16-8+. The number of carbonyl (C=O) groups is 1. The van der Waals surface area contributed by atoms with Gasteiger partial charge in [0.1, 0.15) is 12.4 Å². The van der Waals surface area contributed by atoms with Gasteiger partial charge in [-0.15, -0.1) is 0 Å². The van der Waals surface area contributed by atoms with Crippen LogP contribution in [0.25, 0.3) is 0 Å². The number of carbonyl (C=O) groups excluding carboxylic acids is 1. The molecule has 7 nitrogen and oxygen atoms in total. The maximum absolute atomic E-state index is 11.3. The number of nitrogens with zero attached hydrogens (tertiary/aromatic N) is 1. The van der Waals surface area contributed by atoms with E-state index >= 15 is 0 Å². The molecule has 1 aromatic heterocycles. The lowest BCUT2D eigenvalue weighted by atomic mass is 10.2. The van der Waals surface area contributed by atoms with Crippen molar-refractivity contribution in [2.45, 2.75) is 6.61 Å². The number of oxime groups is 1. The fraction of sp³-hybridized carbons (Fsp3) is 0.200. The largest absolute Gasteiger partial charge is 0.493 e. The van der Waals surface area contributed by atoms with E-state index in [1.54, 1.807) is 24.3 Å². The first-order valence-electron chi connectivity index (χ1n) is 6.33. The Labute approximate surface area is 126 Å². The van der Waals surface area contributed by atoms with Gasteiger partial charge in [0.25, 0.3) is 0 Å². The zero-order chi connectivity index (χ0) is 15.9. The van der Waals surface area contributed by atoms with Gasteiger partial charge in [0, 0.05) is 5.56 Å². The van der Waals surface area contributed by atoms with Crippen LogP contribution in [0.4, 0.5) is 0 Å². The molecule has 0 atom stereocenters. The van der Waals surface area contributed by atoms with Crippen molar-refractivity contribution < 1.29 is 28.6 Å². The minimum Gasteiger partial charge on any atom is -0.493 e. The van der Waals surface area contributed by atoms with Crippen LogP contribution in [0.5, 0.6) is 11.5 Å². The summed E-state index contributed by atoms with van der Waals surface area (Å²) in [6.45, 7) is 0.126. The normalized spacial score (nSPS) is 10.6. The smallest absolute Gasteiger partial charge is 0.373 e. The highest BCUT2D eigenvalue weighted by molar-refractivity contribution is 5.86. The second-order valence-corrected chi connectivity index (χ2v) is 4.20. The quantitative estimate of drug-likeness (QED) is 0.381. The molecule has 2 aromatic rings. The van der Waals surface area contributed by atoms with Crippen molar-refractivity contribution >= 4 is 12.2 Å². The number of methoxy groups -OCH3 is 2. The molecule has 0 spiro atoms. The first kappa shape index (κ1) is 15.4. The molecule has 0 saturated carbocycles. The summed E-state index contributed by atoms with van der Waals surface area (Å²) in [6.07, 6.45) is 1.28. The summed E-state index contributed by atoms with van der Waals surface area (Å²) in [5.74, 6) is 1.02. The highest BCUT2D eigenvalue weighted by Crippen LogP contribution is 2.28. The summed E-state index contributed by atoms with van der Waals surface area (Å²) in [6, 6.07) is 8.20. The minimum atomic E-state index is -0.545. The summed E-state index contributed by atoms with van der Waals surface area (Å²) in [7, 11) is 2.79. The zero-order valence-corrected chi connectivity index (χ0v) is 12.1. The molecule has 7 heteroatoms. The molecule has 0 saturated heterocycles. The Bertz CT molecular complexity index is 676. The number of esters is 1. The predicted octanol–water partition coefficient (Wildman–Crippen LogP) is 2.46. The molecule has 0 aliphatic carbocycles. The van der Waals surface area contributed by atoms with Crippen molar-refractivity contribution in [3.8, 4) is 11.5 Å². The summed E-state index contributed by atoms with van der Waals surface area (Å²) in [5, 5.41) is 11.5.